The molecule has 15 heavy (non-hydrogen) atoms. The van der Waals surface area contributed by atoms with Crippen molar-refractivity contribution >= 4 is 5.97 Å². The summed E-state index contributed by atoms with van der Waals surface area (Å²) < 4.78 is 10.5. The molecule has 0 aromatic heterocycles. The summed E-state index contributed by atoms with van der Waals surface area (Å²) in [6.07, 6.45) is 0. The Balaban J connectivity index is 3.03. The molecule has 0 aliphatic heterocycles. The Morgan fingerprint density at radius 3 is 2.47 bits per heavy atom. The highest BCUT2D eigenvalue weighted by Crippen LogP contribution is 2.25. The first-order valence-electron chi connectivity index (χ1n) is 4.82. The van der Waals surface area contributed by atoms with Gasteiger partial charge in [-0.1, -0.05) is 0 Å². The van der Waals surface area contributed by atoms with Crippen LogP contribution in [0.25, 0.3) is 0 Å². The highest BCUT2D eigenvalue weighted by atomic mass is 16.5. The molecule has 0 amide bonds. The van der Waals surface area contributed by atoms with E-state index in [0.29, 0.717) is 24.7 Å². The summed E-state index contributed by atoms with van der Waals surface area (Å²) in [5, 5.41) is 8.89. The van der Waals surface area contributed by atoms with E-state index in [4.69, 9.17) is 14.6 Å². The van der Waals surface area contributed by atoms with Crippen LogP contribution in [0.2, 0.25) is 0 Å². The van der Waals surface area contributed by atoms with Crippen molar-refractivity contribution in [3.8, 4) is 11.5 Å². The van der Waals surface area contributed by atoms with Gasteiger partial charge >= 0.3 is 5.97 Å². The number of ether oxygens (including phenoxy) is 2. The molecule has 0 spiro atoms. The summed E-state index contributed by atoms with van der Waals surface area (Å²) in [7, 11) is 0. The van der Waals surface area contributed by atoms with Gasteiger partial charge in [-0.25, -0.2) is 4.79 Å². The van der Waals surface area contributed by atoms with Crippen LogP contribution in [-0.4, -0.2) is 24.3 Å². The minimum absolute atomic E-state index is 0.153. The van der Waals surface area contributed by atoms with E-state index in [0.717, 1.165) is 0 Å². The minimum Gasteiger partial charge on any atom is -0.494 e. The maximum absolute atomic E-state index is 10.8. The van der Waals surface area contributed by atoms with Crippen LogP contribution in [0.15, 0.2) is 18.2 Å². The van der Waals surface area contributed by atoms with Gasteiger partial charge in [0, 0.05) is 6.07 Å². The second-order valence-corrected chi connectivity index (χ2v) is 2.83. The smallest absolute Gasteiger partial charge is 0.339 e. The third-order valence-corrected chi connectivity index (χ3v) is 1.79. The first-order chi connectivity index (χ1) is 7.19. The van der Waals surface area contributed by atoms with Gasteiger partial charge in [0.1, 0.15) is 17.1 Å². The van der Waals surface area contributed by atoms with Gasteiger partial charge < -0.3 is 14.6 Å². The molecule has 0 radical (unpaired) electrons. The predicted octanol–water partition coefficient (Wildman–Crippen LogP) is 2.18. The van der Waals surface area contributed by atoms with Gasteiger partial charge in [-0.2, -0.15) is 0 Å². The molecule has 1 aromatic rings. The van der Waals surface area contributed by atoms with E-state index < -0.39 is 5.97 Å². The molecule has 0 fully saturated rings. The zero-order valence-electron chi connectivity index (χ0n) is 8.82. The van der Waals surface area contributed by atoms with E-state index >= 15 is 0 Å². The number of carboxylic acids is 1. The van der Waals surface area contributed by atoms with Gasteiger partial charge in [0.25, 0.3) is 0 Å². The lowest BCUT2D eigenvalue weighted by Gasteiger charge is -2.09. The Bertz CT molecular complexity index is 346. The van der Waals surface area contributed by atoms with Crippen molar-refractivity contribution in [1.82, 2.24) is 0 Å². The van der Waals surface area contributed by atoms with Crippen LogP contribution in [0.1, 0.15) is 24.2 Å². The van der Waals surface area contributed by atoms with Gasteiger partial charge in [0.05, 0.1) is 13.2 Å². The number of carbonyl (C=O) groups is 1. The van der Waals surface area contributed by atoms with Gasteiger partial charge in [-0.3, -0.25) is 0 Å². The quantitative estimate of drug-likeness (QED) is 0.809. The zero-order valence-corrected chi connectivity index (χ0v) is 8.82. The molecular weight excluding hydrogens is 196 g/mol. The summed E-state index contributed by atoms with van der Waals surface area (Å²) >= 11 is 0. The van der Waals surface area contributed by atoms with Gasteiger partial charge in [-0.15, -0.1) is 0 Å². The van der Waals surface area contributed by atoms with Gasteiger partial charge in [-0.05, 0) is 26.0 Å². The third-order valence-electron chi connectivity index (χ3n) is 1.79. The van der Waals surface area contributed by atoms with Gasteiger partial charge in [0.2, 0.25) is 0 Å². The summed E-state index contributed by atoms with van der Waals surface area (Å²) in [6, 6.07) is 4.70. The lowest BCUT2D eigenvalue weighted by atomic mass is 10.2. The molecule has 4 nitrogen and oxygen atoms in total. The Labute approximate surface area is 88.4 Å². The van der Waals surface area contributed by atoms with Crippen LogP contribution < -0.4 is 9.47 Å². The standard InChI is InChI=1S/C11H14O4/c1-3-14-8-5-6-9(11(12)13)10(7-8)15-4-2/h5-7H,3-4H2,1-2H3,(H,12,13). The lowest BCUT2D eigenvalue weighted by molar-refractivity contribution is 0.0692. The van der Waals surface area contributed by atoms with Crippen molar-refractivity contribution in [2.45, 2.75) is 13.8 Å². The number of hydrogen-bond donors (Lipinski definition) is 1. The highest BCUT2D eigenvalue weighted by molar-refractivity contribution is 5.91. The topological polar surface area (TPSA) is 55.8 Å². The van der Waals surface area contributed by atoms with Crippen molar-refractivity contribution < 1.29 is 19.4 Å². The molecule has 0 atom stereocenters. The van der Waals surface area contributed by atoms with Gasteiger partial charge in [0.15, 0.2) is 0 Å². The second-order valence-electron chi connectivity index (χ2n) is 2.83. The second kappa shape index (κ2) is 5.24. The molecule has 82 valence electrons. The maximum Gasteiger partial charge on any atom is 0.339 e. The number of carboxylic acid groups (broad SMARTS) is 1. The molecule has 0 saturated heterocycles. The Kier molecular flexibility index (Phi) is 3.97. The number of benzene rings is 1. The molecule has 4 heteroatoms. The normalized spacial score (nSPS) is 9.73. The number of hydrogen-bond acceptors (Lipinski definition) is 3. The van der Waals surface area contributed by atoms with E-state index in [9.17, 15) is 4.79 Å². The molecule has 0 saturated carbocycles. The van der Waals surface area contributed by atoms with Crippen LogP contribution >= 0.6 is 0 Å². The average Bonchev–Trinajstić information content (AvgIpc) is 2.18. The molecule has 0 heterocycles. The van der Waals surface area contributed by atoms with Crippen molar-refractivity contribution in [2.75, 3.05) is 13.2 Å². The third kappa shape index (κ3) is 2.87. The molecule has 0 bridgehead atoms. The van der Waals surface area contributed by atoms with E-state index in [-0.39, 0.29) is 5.56 Å². The first kappa shape index (κ1) is 11.4. The lowest BCUT2D eigenvalue weighted by Crippen LogP contribution is -2.03. The molecule has 1 rings (SSSR count). The summed E-state index contributed by atoms with van der Waals surface area (Å²) in [4.78, 5) is 10.8. The van der Waals surface area contributed by atoms with Crippen LogP contribution in [0.4, 0.5) is 0 Å². The van der Waals surface area contributed by atoms with E-state index in [1.54, 1.807) is 19.1 Å². The largest absolute Gasteiger partial charge is 0.494 e. The first-order valence-corrected chi connectivity index (χ1v) is 4.82. The van der Waals surface area contributed by atoms with Crippen molar-refractivity contribution in [3.63, 3.8) is 0 Å². The van der Waals surface area contributed by atoms with Crippen LogP contribution in [0.3, 0.4) is 0 Å². The fraction of sp³-hybridized carbons (Fsp3) is 0.364. The highest BCUT2D eigenvalue weighted by Gasteiger charge is 2.11. The van der Waals surface area contributed by atoms with Crippen LogP contribution in [0.5, 0.6) is 11.5 Å². The Hall–Kier alpha value is -1.71. The summed E-state index contributed by atoms with van der Waals surface area (Å²) in [6.45, 7) is 4.64. The van der Waals surface area contributed by atoms with Crippen molar-refractivity contribution in [1.29, 1.82) is 0 Å². The Morgan fingerprint density at radius 2 is 1.93 bits per heavy atom. The monoisotopic (exact) mass is 210 g/mol. The molecule has 1 aromatic carbocycles. The van der Waals surface area contributed by atoms with E-state index in [1.165, 1.54) is 6.07 Å². The number of rotatable bonds is 5. The molecular formula is C11H14O4. The van der Waals surface area contributed by atoms with Crippen molar-refractivity contribution in [2.24, 2.45) is 0 Å². The predicted molar refractivity (Wildman–Crippen MR) is 55.7 cm³/mol. The summed E-state index contributed by atoms with van der Waals surface area (Å²) in [5.41, 5.74) is 0.153. The summed E-state index contributed by atoms with van der Waals surface area (Å²) in [5.74, 6) is -0.0385. The average molecular weight is 210 g/mol. The van der Waals surface area contributed by atoms with Crippen molar-refractivity contribution in [3.05, 3.63) is 23.8 Å². The molecule has 0 aliphatic carbocycles. The van der Waals surface area contributed by atoms with E-state index in [2.05, 4.69) is 0 Å². The SMILES string of the molecule is CCOc1ccc(C(=O)O)c(OCC)c1. The van der Waals surface area contributed by atoms with E-state index in [1.807, 2.05) is 6.92 Å². The maximum atomic E-state index is 10.8. The minimum atomic E-state index is -0.999. The molecule has 0 unspecified atom stereocenters. The fourth-order valence-electron chi connectivity index (χ4n) is 1.21. The van der Waals surface area contributed by atoms with Crippen LogP contribution in [-0.2, 0) is 0 Å². The molecule has 0 aliphatic rings. The zero-order chi connectivity index (χ0) is 11.3. The number of aromatic carboxylic acids is 1. The van der Waals surface area contributed by atoms with Crippen LogP contribution in [0, 0.1) is 0 Å². The molecule has 1 N–H and O–H groups in total. The Morgan fingerprint density at radius 1 is 1.27 bits per heavy atom. The fourth-order valence-corrected chi connectivity index (χ4v) is 1.21.